The van der Waals surface area contributed by atoms with Crippen molar-refractivity contribution < 1.29 is 8.42 Å². The third-order valence-corrected chi connectivity index (χ3v) is 6.49. The van der Waals surface area contributed by atoms with Gasteiger partial charge in [-0.2, -0.15) is 4.31 Å². The number of hydrogen-bond donors (Lipinski definition) is 1. The molecule has 1 aliphatic heterocycles. The SMILES string of the molecule is CCC1CN(S(=O)(=O)c2ccc(C)cc2Cl)C(CC)CN1. The van der Waals surface area contributed by atoms with Gasteiger partial charge in [0.05, 0.1) is 5.02 Å². The molecule has 1 aliphatic rings. The van der Waals surface area contributed by atoms with Gasteiger partial charge >= 0.3 is 0 Å². The highest BCUT2D eigenvalue weighted by atomic mass is 35.5. The molecular weight excluding hydrogens is 308 g/mol. The molecule has 0 aliphatic carbocycles. The van der Waals surface area contributed by atoms with E-state index >= 15 is 0 Å². The average molecular weight is 331 g/mol. The Hall–Kier alpha value is -0.620. The standard InChI is InChI=1S/C15H23ClN2O2S/c1-4-12-10-18(13(5-2)9-17-12)21(19,20)15-7-6-11(3)8-14(15)16/h6-8,12-13,17H,4-5,9-10H2,1-3H3. The predicted molar refractivity (Wildman–Crippen MR) is 86.2 cm³/mol. The monoisotopic (exact) mass is 330 g/mol. The minimum Gasteiger partial charge on any atom is -0.311 e. The van der Waals surface area contributed by atoms with Crippen molar-refractivity contribution in [2.24, 2.45) is 0 Å². The Kier molecular flexibility index (Phi) is 5.30. The Balaban J connectivity index is 2.40. The summed E-state index contributed by atoms with van der Waals surface area (Å²) in [5.74, 6) is 0. The van der Waals surface area contributed by atoms with E-state index in [1.54, 1.807) is 22.5 Å². The largest absolute Gasteiger partial charge is 0.311 e. The van der Waals surface area contributed by atoms with Crippen LogP contribution in [0.15, 0.2) is 23.1 Å². The van der Waals surface area contributed by atoms with Crippen molar-refractivity contribution in [2.75, 3.05) is 13.1 Å². The average Bonchev–Trinajstić information content (AvgIpc) is 2.46. The molecule has 0 aromatic heterocycles. The quantitative estimate of drug-likeness (QED) is 0.923. The van der Waals surface area contributed by atoms with E-state index in [4.69, 9.17) is 11.6 Å². The van der Waals surface area contributed by atoms with E-state index in [0.717, 1.165) is 18.4 Å². The van der Waals surface area contributed by atoms with E-state index in [0.29, 0.717) is 18.1 Å². The summed E-state index contributed by atoms with van der Waals surface area (Å²) in [5, 5.41) is 3.71. The molecular formula is C15H23ClN2O2S. The van der Waals surface area contributed by atoms with Gasteiger partial charge in [-0.25, -0.2) is 8.42 Å². The normalized spacial score (nSPS) is 24.2. The highest BCUT2D eigenvalue weighted by Gasteiger charge is 2.36. The summed E-state index contributed by atoms with van der Waals surface area (Å²) in [7, 11) is -3.55. The van der Waals surface area contributed by atoms with Gasteiger partial charge in [-0.1, -0.05) is 31.5 Å². The third-order valence-electron chi connectivity index (χ3n) is 4.09. The minimum absolute atomic E-state index is 0.0184. The number of benzene rings is 1. The number of piperazine rings is 1. The molecule has 1 N–H and O–H groups in total. The molecule has 2 atom stereocenters. The number of nitrogens with zero attached hydrogens (tertiary/aromatic N) is 1. The Morgan fingerprint density at radius 1 is 1.33 bits per heavy atom. The fourth-order valence-electron chi connectivity index (χ4n) is 2.69. The molecule has 1 saturated heterocycles. The maximum absolute atomic E-state index is 13.0. The molecule has 21 heavy (non-hydrogen) atoms. The van der Waals surface area contributed by atoms with Crippen LogP contribution in [0.2, 0.25) is 5.02 Å². The van der Waals surface area contributed by atoms with Crippen molar-refractivity contribution in [3.63, 3.8) is 0 Å². The van der Waals surface area contributed by atoms with E-state index < -0.39 is 10.0 Å². The van der Waals surface area contributed by atoms with E-state index in [1.807, 2.05) is 13.8 Å². The van der Waals surface area contributed by atoms with Gasteiger partial charge in [0.1, 0.15) is 4.90 Å². The van der Waals surface area contributed by atoms with Crippen molar-refractivity contribution in [1.29, 1.82) is 0 Å². The van der Waals surface area contributed by atoms with Crippen molar-refractivity contribution in [3.8, 4) is 0 Å². The van der Waals surface area contributed by atoms with E-state index in [2.05, 4.69) is 12.2 Å². The molecule has 2 unspecified atom stereocenters. The second kappa shape index (κ2) is 6.65. The van der Waals surface area contributed by atoms with Crippen LogP contribution in [0.5, 0.6) is 0 Å². The summed E-state index contributed by atoms with van der Waals surface area (Å²) in [4.78, 5) is 0.213. The molecule has 2 rings (SSSR count). The zero-order valence-electron chi connectivity index (χ0n) is 12.8. The van der Waals surface area contributed by atoms with Crippen LogP contribution in [0.25, 0.3) is 0 Å². The van der Waals surface area contributed by atoms with Crippen LogP contribution < -0.4 is 5.32 Å². The molecule has 118 valence electrons. The number of aryl methyl sites for hydroxylation is 1. The van der Waals surface area contributed by atoms with Crippen LogP contribution in [0.3, 0.4) is 0 Å². The summed E-state index contributed by atoms with van der Waals surface area (Å²) in [6, 6.07) is 5.29. The molecule has 0 radical (unpaired) electrons. The van der Waals surface area contributed by atoms with Crippen LogP contribution in [0.1, 0.15) is 32.3 Å². The molecule has 1 heterocycles. The Bertz CT molecular complexity index is 604. The zero-order chi connectivity index (χ0) is 15.6. The van der Waals surface area contributed by atoms with E-state index in [1.165, 1.54) is 0 Å². The smallest absolute Gasteiger partial charge is 0.244 e. The minimum atomic E-state index is -3.55. The number of nitrogens with one attached hydrogen (secondary N) is 1. The summed E-state index contributed by atoms with van der Waals surface area (Å²) in [6.07, 6.45) is 1.69. The topological polar surface area (TPSA) is 49.4 Å². The lowest BCUT2D eigenvalue weighted by Gasteiger charge is -2.39. The predicted octanol–water partition coefficient (Wildman–Crippen LogP) is 2.80. The number of rotatable bonds is 4. The Morgan fingerprint density at radius 3 is 2.62 bits per heavy atom. The number of sulfonamides is 1. The lowest BCUT2D eigenvalue weighted by atomic mass is 10.1. The first-order valence-corrected chi connectivity index (χ1v) is 9.23. The molecule has 4 nitrogen and oxygen atoms in total. The maximum Gasteiger partial charge on any atom is 0.244 e. The number of halogens is 1. The van der Waals surface area contributed by atoms with Crippen molar-refractivity contribution in [2.45, 2.75) is 50.6 Å². The van der Waals surface area contributed by atoms with Crippen molar-refractivity contribution in [3.05, 3.63) is 28.8 Å². The van der Waals surface area contributed by atoms with Crippen molar-refractivity contribution >= 4 is 21.6 Å². The molecule has 0 saturated carbocycles. The third kappa shape index (κ3) is 3.42. The summed E-state index contributed by atoms with van der Waals surface area (Å²) in [6.45, 7) is 7.17. The van der Waals surface area contributed by atoms with Crippen LogP contribution in [-0.4, -0.2) is 37.9 Å². The summed E-state index contributed by atoms with van der Waals surface area (Å²) < 4.78 is 27.5. The second-order valence-electron chi connectivity index (χ2n) is 5.58. The van der Waals surface area contributed by atoms with Crippen LogP contribution in [-0.2, 0) is 10.0 Å². The van der Waals surface area contributed by atoms with Crippen molar-refractivity contribution in [1.82, 2.24) is 9.62 Å². The van der Waals surface area contributed by atoms with Gasteiger partial charge in [-0.3, -0.25) is 0 Å². The molecule has 0 bridgehead atoms. The molecule has 0 spiro atoms. The zero-order valence-corrected chi connectivity index (χ0v) is 14.3. The van der Waals surface area contributed by atoms with Gasteiger partial charge in [-0.15, -0.1) is 0 Å². The van der Waals surface area contributed by atoms with Gasteiger partial charge in [0.15, 0.2) is 0 Å². The van der Waals surface area contributed by atoms with Gasteiger partial charge < -0.3 is 5.32 Å². The Labute approximate surface area is 132 Å². The van der Waals surface area contributed by atoms with Crippen LogP contribution in [0.4, 0.5) is 0 Å². The van der Waals surface area contributed by atoms with Gasteiger partial charge in [0, 0.05) is 25.2 Å². The lowest BCUT2D eigenvalue weighted by Crippen LogP contribution is -2.57. The first kappa shape index (κ1) is 16.7. The fourth-order valence-corrected chi connectivity index (χ4v) is 5.01. The lowest BCUT2D eigenvalue weighted by molar-refractivity contribution is 0.215. The molecule has 0 amide bonds. The van der Waals surface area contributed by atoms with Crippen LogP contribution >= 0.6 is 11.6 Å². The number of hydrogen-bond acceptors (Lipinski definition) is 3. The van der Waals surface area contributed by atoms with Crippen LogP contribution in [0, 0.1) is 6.92 Å². The Morgan fingerprint density at radius 2 is 2.05 bits per heavy atom. The second-order valence-corrected chi connectivity index (χ2v) is 7.85. The first-order valence-electron chi connectivity index (χ1n) is 7.41. The molecule has 1 aromatic carbocycles. The molecule has 1 fully saturated rings. The summed E-state index contributed by atoms with van der Waals surface area (Å²) in [5.41, 5.74) is 0.956. The first-order chi connectivity index (χ1) is 9.90. The van der Waals surface area contributed by atoms with E-state index in [-0.39, 0.29) is 17.0 Å². The molecule has 1 aromatic rings. The maximum atomic E-state index is 13.0. The van der Waals surface area contributed by atoms with E-state index in [9.17, 15) is 8.42 Å². The highest BCUT2D eigenvalue weighted by molar-refractivity contribution is 7.89. The fraction of sp³-hybridized carbons (Fsp3) is 0.600. The van der Waals surface area contributed by atoms with Gasteiger partial charge in [0.2, 0.25) is 10.0 Å². The highest BCUT2D eigenvalue weighted by Crippen LogP contribution is 2.28. The summed E-state index contributed by atoms with van der Waals surface area (Å²) >= 11 is 6.17. The van der Waals surface area contributed by atoms with Gasteiger partial charge in [-0.05, 0) is 37.5 Å². The molecule has 6 heteroatoms. The van der Waals surface area contributed by atoms with Gasteiger partial charge in [0.25, 0.3) is 0 Å².